The number of H-pyrrole nitrogens is 1. The Morgan fingerprint density at radius 1 is 1.27 bits per heavy atom. The van der Waals surface area contributed by atoms with Gasteiger partial charge >= 0.3 is 0 Å². The zero-order valence-corrected chi connectivity index (χ0v) is 8.51. The second kappa shape index (κ2) is 4.20. The van der Waals surface area contributed by atoms with Gasteiger partial charge in [0, 0.05) is 11.1 Å². The third-order valence-corrected chi connectivity index (χ3v) is 2.79. The lowest BCUT2D eigenvalue weighted by Crippen LogP contribution is -1.74. The van der Waals surface area contributed by atoms with Crippen LogP contribution in [0.3, 0.4) is 0 Å². The summed E-state index contributed by atoms with van der Waals surface area (Å²) in [4.78, 5) is 3.90. The fourth-order valence-corrected chi connectivity index (χ4v) is 1.96. The molecule has 0 unspecified atom stereocenters. The maximum atomic E-state index is 12.6. The fraction of sp³-hybridized carbons (Fsp3) is 0. The van der Waals surface area contributed by atoms with E-state index in [9.17, 15) is 4.39 Å². The molecule has 2 nitrogen and oxygen atoms in total. The number of aromatic amines is 1. The topological polar surface area (TPSA) is 39.6 Å². The van der Waals surface area contributed by atoms with E-state index in [0.29, 0.717) is 5.56 Å². The highest BCUT2D eigenvalue weighted by atomic mass is 32.2. The molecule has 0 atom stereocenters. The maximum absolute atomic E-state index is 12.6. The first-order valence-electron chi connectivity index (χ1n) is 4.30. The Morgan fingerprint density at radius 2 is 2.00 bits per heavy atom. The summed E-state index contributed by atoms with van der Waals surface area (Å²) in [6, 6.07) is 10.0. The van der Waals surface area contributed by atoms with Gasteiger partial charge in [0.25, 0.3) is 0 Å². The molecule has 1 N–H and O–H groups in total. The maximum Gasteiger partial charge on any atom is 0.123 e. The molecule has 0 aliphatic heterocycles. The zero-order valence-electron chi connectivity index (χ0n) is 7.70. The van der Waals surface area contributed by atoms with E-state index in [1.165, 1.54) is 23.9 Å². The van der Waals surface area contributed by atoms with E-state index in [1.54, 1.807) is 24.4 Å². The molecule has 0 fully saturated rings. The van der Waals surface area contributed by atoms with E-state index < -0.39 is 0 Å². The van der Waals surface area contributed by atoms with Crippen LogP contribution < -0.4 is 0 Å². The number of hydrogen-bond acceptors (Lipinski definition) is 2. The van der Waals surface area contributed by atoms with Crippen molar-refractivity contribution in [3.05, 3.63) is 47.9 Å². The molecular formula is C11H7FN2S. The van der Waals surface area contributed by atoms with Crippen LogP contribution in [0.4, 0.5) is 4.39 Å². The van der Waals surface area contributed by atoms with Gasteiger partial charge in [0.2, 0.25) is 0 Å². The van der Waals surface area contributed by atoms with Crippen molar-refractivity contribution in [2.75, 3.05) is 0 Å². The SMILES string of the molecule is N#Cc1c[nH]c(Sc2ccc(F)cc2)c1. The van der Waals surface area contributed by atoms with Gasteiger partial charge in [-0.15, -0.1) is 0 Å². The molecule has 0 aliphatic carbocycles. The average Bonchev–Trinajstić information content (AvgIpc) is 2.69. The van der Waals surface area contributed by atoms with Gasteiger partial charge in [-0.3, -0.25) is 0 Å². The molecule has 1 heterocycles. The molecule has 0 saturated carbocycles. The first kappa shape index (κ1) is 9.81. The highest BCUT2D eigenvalue weighted by Crippen LogP contribution is 2.26. The van der Waals surface area contributed by atoms with Gasteiger partial charge in [-0.2, -0.15) is 5.26 Å². The van der Waals surface area contributed by atoms with E-state index >= 15 is 0 Å². The zero-order chi connectivity index (χ0) is 10.7. The summed E-state index contributed by atoms with van der Waals surface area (Å²) in [7, 11) is 0. The van der Waals surface area contributed by atoms with Gasteiger partial charge in [0.1, 0.15) is 11.9 Å². The minimum absolute atomic E-state index is 0.247. The number of nitriles is 1. The number of benzene rings is 1. The summed E-state index contributed by atoms with van der Waals surface area (Å²) in [5, 5.41) is 9.50. The summed E-state index contributed by atoms with van der Waals surface area (Å²) >= 11 is 1.46. The van der Waals surface area contributed by atoms with Crippen LogP contribution in [-0.4, -0.2) is 4.98 Å². The van der Waals surface area contributed by atoms with Crippen molar-refractivity contribution in [3.63, 3.8) is 0 Å². The monoisotopic (exact) mass is 218 g/mol. The largest absolute Gasteiger partial charge is 0.355 e. The van der Waals surface area contributed by atoms with Crippen LogP contribution in [0.25, 0.3) is 0 Å². The fourth-order valence-electron chi connectivity index (χ4n) is 1.13. The molecule has 2 rings (SSSR count). The van der Waals surface area contributed by atoms with Crippen LogP contribution in [-0.2, 0) is 0 Å². The van der Waals surface area contributed by atoms with Crippen molar-refractivity contribution in [3.8, 4) is 6.07 Å². The van der Waals surface area contributed by atoms with Crippen LogP contribution in [0, 0.1) is 17.1 Å². The smallest absolute Gasteiger partial charge is 0.123 e. The second-order valence-electron chi connectivity index (χ2n) is 2.92. The van der Waals surface area contributed by atoms with Gasteiger partial charge in [0.05, 0.1) is 10.6 Å². The summed E-state index contributed by atoms with van der Waals surface area (Å²) < 4.78 is 12.6. The molecule has 0 saturated heterocycles. The number of aromatic nitrogens is 1. The molecule has 2 aromatic rings. The first-order valence-corrected chi connectivity index (χ1v) is 5.11. The highest BCUT2D eigenvalue weighted by molar-refractivity contribution is 7.99. The Hall–Kier alpha value is -1.73. The number of nitrogens with zero attached hydrogens (tertiary/aromatic N) is 1. The van der Waals surface area contributed by atoms with Crippen LogP contribution in [0.2, 0.25) is 0 Å². The normalized spacial score (nSPS) is 9.87. The number of nitrogens with one attached hydrogen (secondary N) is 1. The molecule has 0 amide bonds. The van der Waals surface area contributed by atoms with Crippen molar-refractivity contribution in [1.82, 2.24) is 4.98 Å². The van der Waals surface area contributed by atoms with Crippen molar-refractivity contribution in [1.29, 1.82) is 5.26 Å². The second-order valence-corrected chi connectivity index (χ2v) is 4.04. The van der Waals surface area contributed by atoms with Crippen LogP contribution >= 0.6 is 11.8 Å². The minimum Gasteiger partial charge on any atom is -0.355 e. The molecule has 15 heavy (non-hydrogen) atoms. The van der Waals surface area contributed by atoms with Gasteiger partial charge in [-0.25, -0.2) is 4.39 Å². The molecule has 4 heteroatoms. The van der Waals surface area contributed by atoms with Gasteiger partial charge in [-0.05, 0) is 30.3 Å². The summed E-state index contributed by atoms with van der Waals surface area (Å²) in [6.07, 6.45) is 1.64. The van der Waals surface area contributed by atoms with Crippen molar-refractivity contribution in [2.24, 2.45) is 0 Å². The third-order valence-electron chi connectivity index (χ3n) is 1.83. The van der Waals surface area contributed by atoms with E-state index in [-0.39, 0.29) is 5.82 Å². The number of rotatable bonds is 2. The number of hydrogen-bond donors (Lipinski definition) is 1. The predicted molar refractivity (Wildman–Crippen MR) is 56.0 cm³/mol. The molecule has 0 aliphatic rings. The lowest BCUT2D eigenvalue weighted by molar-refractivity contribution is 0.626. The van der Waals surface area contributed by atoms with Gasteiger partial charge in [0.15, 0.2) is 0 Å². The number of halogens is 1. The Morgan fingerprint density at radius 3 is 2.60 bits per heavy atom. The van der Waals surface area contributed by atoms with Crippen molar-refractivity contribution in [2.45, 2.75) is 9.92 Å². The Bertz CT molecular complexity index is 496. The molecule has 0 radical (unpaired) electrons. The Balaban J connectivity index is 2.15. The predicted octanol–water partition coefficient (Wildman–Crippen LogP) is 3.18. The molecule has 1 aromatic carbocycles. The van der Waals surface area contributed by atoms with E-state index in [4.69, 9.17) is 5.26 Å². The van der Waals surface area contributed by atoms with E-state index in [2.05, 4.69) is 4.98 Å². The van der Waals surface area contributed by atoms with Gasteiger partial charge in [-0.1, -0.05) is 11.8 Å². The summed E-state index contributed by atoms with van der Waals surface area (Å²) in [6.45, 7) is 0. The molecule has 1 aromatic heterocycles. The minimum atomic E-state index is -0.247. The molecule has 0 spiro atoms. The quantitative estimate of drug-likeness (QED) is 0.840. The first-order chi connectivity index (χ1) is 7.28. The highest BCUT2D eigenvalue weighted by Gasteiger charge is 2.00. The van der Waals surface area contributed by atoms with Crippen molar-refractivity contribution < 1.29 is 4.39 Å². The third kappa shape index (κ3) is 2.39. The van der Waals surface area contributed by atoms with Crippen LogP contribution in [0.15, 0.2) is 46.5 Å². The van der Waals surface area contributed by atoms with E-state index in [0.717, 1.165) is 9.92 Å². The lowest BCUT2D eigenvalue weighted by atomic mass is 10.4. The summed E-state index contributed by atoms with van der Waals surface area (Å²) in [5.74, 6) is -0.247. The Kier molecular flexibility index (Phi) is 2.75. The molecule has 0 bridgehead atoms. The Labute approximate surface area is 90.7 Å². The van der Waals surface area contributed by atoms with E-state index in [1.807, 2.05) is 6.07 Å². The standard InChI is InChI=1S/C11H7FN2S/c12-9-1-3-10(4-2-9)15-11-5-8(6-13)7-14-11/h1-5,7,14H. The average molecular weight is 218 g/mol. The molecular weight excluding hydrogens is 211 g/mol. The van der Waals surface area contributed by atoms with Gasteiger partial charge < -0.3 is 4.98 Å². The summed E-state index contributed by atoms with van der Waals surface area (Å²) in [5.41, 5.74) is 0.597. The van der Waals surface area contributed by atoms with Crippen molar-refractivity contribution >= 4 is 11.8 Å². The lowest BCUT2D eigenvalue weighted by Gasteiger charge is -1.97. The van der Waals surface area contributed by atoms with Crippen LogP contribution in [0.5, 0.6) is 0 Å². The van der Waals surface area contributed by atoms with Crippen LogP contribution in [0.1, 0.15) is 5.56 Å². The molecule has 74 valence electrons.